The summed E-state index contributed by atoms with van der Waals surface area (Å²) in [6.07, 6.45) is 1.24. The number of halogens is 4. The number of hydrogen-bond donors (Lipinski definition) is 2. The highest BCUT2D eigenvalue weighted by Gasteiger charge is 2.56. The first-order chi connectivity index (χ1) is 14.1. The minimum atomic E-state index is -3.53. The lowest BCUT2D eigenvalue weighted by atomic mass is 9.81. The summed E-state index contributed by atoms with van der Waals surface area (Å²) in [6, 6.07) is 3.36. The van der Waals surface area contributed by atoms with Crippen LogP contribution in [0.4, 0.5) is 18.9 Å². The van der Waals surface area contributed by atoms with Gasteiger partial charge in [0.1, 0.15) is 24.9 Å². The summed E-state index contributed by atoms with van der Waals surface area (Å²) in [5.74, 6) is -5.26. The maximum Gasteiger partial charge on any atom is 0.299 e. The molecule has 0 saturated heterocycles. The molecular formula is C19H21ClF3N5O2. The molecule has 1 unspecified atom stereocenters. The second-order valence-corrected chi connectivity index (χ2v) is 7.25. The van der Waals surface area contributed by atoms with Crippen LogP contribution in [0.3, 0.4) is 0 Å². The van der Waals surface area contributed by atoms with Crippen molar-refractivity contribution >= 4 is 29.0 Å². The van der Waals surface area contributed by atoms with Gasteiger partial charge in [0.15, 0.2) is 11.2 Å². The monoisotopic (exact) mass is 443 g/mol. The van der Waals surface area contributed by atoms with Crippen LogP contribution in [-0.4, -0.2) is 40.7 Å². The van der Waals surface area contributed by atoms with E-state index in [1.165, 1.54) is 23.9 Å². The summed E-state index contributed by atoms with van der Waals surface area (Å²) < 4.78 is 51.1. The zero-order valence-corrected chi connectivity index (χ0v) is 17.1. The van der Waals surface area contributed by atoms with Crippen molar-refractivity contribution in [3.8, 4) is 0 Å². The number of carbonyl (C=O) groups excluding carboxylic acids is 1. The first kappa shape index (κ1) is 22.1. The maximum atomic E-state index is 15.0. The lowest BCUT2D eigenvalue weighted by molar-refractivity contribution is -0.123. The van der Waals surface area contributed by atoms with Gasteiger partial charge >= 0.3 is 0 Å². The minimum absolute atomic E-state index is 0.0370. The molecule has 3 N–H and O–H groups in total. The second-order valence-electron chi connectivity index (χ2n) is 6.84. The Morgan fingerprint density at radius 2 is 2.13 bits per heavy atom. The van der Waals surface area contributed by atoms with Crippen molar-refractivity contribution in [3.05, 3.63) is 46.5 Å². The van der Waals surface area contributed by atoms with E-state index in [-0.39, 0.29) is 35.3 Å². The minimum Gasteiger partial charge on any atom is -0.385 e. The molecule has 1 aliphatic heterocycles. The van der Waals surface area contributed by atoms with Gasteiger partial charge in [-0.1, -0.05) is 18.5 Å². The van der Waals surface area contributed by atoms with E-state index in [9.17, 15) is 9.18 Å². The Morgan fingerprint density at radius 1 is 1.40 bits per heavy atom. The van der Waals surface area contributed by atoms with E-state index in [0.29, 0.717) is 6.54 Å². The maximum absolute atomic E-state index is 15.0. The summed E-state index contributed by atoms with van der Waals surface area (Å²) in [5, 5.41) is 6.70. The molecule has 1 atom stereocenters. The zero-order valence-electron chi connectivity index (χ0n) is 16.4. The van der Waals surface area contributed by atoms with Crippen LogP contribution in [0.15, 0.2) is 29.4 Å². The lowest BCUT2D eigenvalue weighted by Gasteiger charge is -2.36. The summed E-state index contributed by atoms with van der Waals surface area (Å²) in [5.41, 5.74) is 3.07. The van der Waals surface area contributed by atoms with Gasteiger partial charge in [0.25, 0.3) is 11.8 Å². The molecule has 0 bridgehead atoms. The Kier molecular flexibility index (Phi) is 6.09. The average molecular weight is 444 g/mol. The van der Waals surface area contributed by atoms with Crippen LogP contribution in [0.1, 0.15) is 36.3 Å². The fourth-order valence-electron chi connectivity index (χ4n) is 3.37. The predicted molar refractivity (Wildman–Crippen MR) is 107 cm³/mol. The van der Waals surface area contributed by atoms with Gasteiger partial charge in [0.2, 0.25) is 0 Å². The standard InChI is InChI=1S/C19H21ClF3N5O2/c1-3-18(19(22,23)10-30-9-15(24)26-18)12-7-11(5-6-14(12)21)25-17(29)16-13(20)8-28(4-2)27-16/h5-8H,3-4,9-10H2,1-2H3,(H2,24,26)(H,25,29). The van der Waals surface area contributed by atoms with Crippen LogP contribution in [0.25, 0.3) is 0 Å². The Labute approximate surface area is 176 Å². The zero-order chi connectivity index (χ0) is 22.1. The fourth-order valence-corrected chi connectivity index (χ4v) is 3.61. The number of benzene rings is 1. The molecule has 0 spiro atoms. The molecule has 0 saturated carbocycles. The van der Waals surface area contributed by atoms with Gasteiger partial charge in [-0.3, -0.25) is 14.5 Å². The summed E-state index contributed by atoms with van der Waals surface area (Å²) in [4.78, 5) is 16.5. The number of aryl methyl sites for hydroxylation is 1. The van der Waals surface area contributed by atoms with Crippen molar-refractivity contribution in [2.45, 2.75) is 38.3 Å². The average Bonchev–Trinajstić information content (AvgIpc) is 3.03. The van der Waals surface area contributed by atoms with Gasteiger partial charge in [-0.15, -0.1) is 0 Å². The number of carbonyl (C=O) groups is 1. The Morgan fingerprint density at radius 3 is 2.77 bits per heavy atom. The highest BCUT2D eigenvalue weighted by Crippen LogP contribution is 2.46. The van der Waals surface area contributed by atoms with E-state index < -0.39 is 35.4 Å². The molecule has 30 heavy (non-hydrogen) atoms. The normalized spacial score (nSPS) is 21.1. The number of alkyl halides is 2. The molecule has 1 aromatic heterocycles. The first-order valence-electron chi connectivity index (χ1n) is 9.27. The summed E-state index contributed by atoms with van der Waals surface area (Å²) in [7, 11) is 0. The van der Waals surface area contributed by atoms with Crippen LogP contribution in [-0.2, 0) is 16.8 Å². The number of rotatable bonds is 5. The van der Waals surface area contributed by atoms with E-state index in [0.717, 1.165) is 12.1 Å². The Balaban J connectivity index is 2.03. The molecule has 1 aliphatic rings. The van der Waals surface area contributed by atoms with Crippen molar-refractivity contribution in [1.29, 1.82) is 0 Å². The molecule has 7 nitrogen and oxygen atoms in total. The van der Waals surface area contributed by atoms with Crippen LogP contribution < -0.4 is 11.1 Å². The molecule has 1 amide bonds. The summed E-state index contributed by atoms with van der Waals surface area (Å²) in [6.45, 7) is 2.53. The quantitative estimate of drug-likeness (QED) is 0.738. The van der Waals surface area contributed by atoms with Crippen molar-refractivity contribution < 1.29 is 22.7 Å². The predicted octanol–water partition coefficient (Wildman–Crippen LogP) is 3.58. The summed E-state index contributed by atoms with van der Waals surface area (Å²) >= 11 is 6.03. The third-order valence-corrected chi connectivity index (χ3v) is 5.19. The highest BCUT2D eigenvalue weighted by atomic mass is 35.5. The number of aliphatic imine (C=N–C) groups is 1. The molecule has 2 aromatic rings. The van der Waals surface area contributed by atoms with Gasteiger partial charge in [-0.2, -0.15) is 5.10 Å². The van der Waals surface area contributed by atoms with Crippen LogP contribution in [0, 0.1) is 5.82 Å². The topological polar surface area (TPSA) is 94.5 Å². The number of anilines is 1. The van der Waals surface area contributed by atoms with Crippen molar-refractivity contribution in [2.75, 3.05) is 18.5 Å². The van der Waals surface area contributed by atoms with Crippen LogP contribution in [0.5, 0.6) is 0 Å². The van der Waals surface area contributed by atoms with E-state index in [2.05, 4.69) is 15.4 Å². The smallest absolute Gasteiger partial charge is 0.299 e. The van der Waals surface area contributed by atoms with E-state index >= 15 is 8.78 Å². The Hall–Kier alpha value is -2.59. The molecule has 0 radical (unpaired) electrons. The van der Waals surface area contributed by atoms with Crippen molar-refractivity contribution in [3.63, 3.8) is 0 Å². The molecular weight excluding hydrogens is 423 g/mol. The SMILES string of the molecule is CCn1cc(Cl)c(C(=O)Nc2ccc(F)c(C3(CC)N=C(N)COCC3(F)F)c2)n1. The number of nitrogens with two attached hydrogens (primary N) is 1. The number of ether oxygens (including phenoxy) is 1. The third-order valence-electron chi connectivity index (χ3n) is 4.91. The number of nitrogens with one attached hydrogen (secondary N) is 1. The molecule has 2 heterocycles. The first-order valence-corrected chi connectivity index (χ1v) is 9.65. The third kappa shape index (κ3) is 3.89. The molecule has 3 rings (SSSR count). The second kappa shape index (κ2) is 8.27. The van der Waals surface area contributed by atoms with Gasteiger partial charge in [0.05, 0.1) is 5.02 Å². The molecule has 162 valence electrons. The van der Waals surface area contributed by atoms with Gasteiger partial charge < -0.3 is 15.8 Å². The number of nitrogens with zero attached hydrogens (tertiary/aromatic N) is 3. The number of hydrogen-bond acceptors (Lipinski definition) is 5. The number of amidine groups is 1. The largest absolute Gasteiger partial charge is 0.385 e. The molecule has 0 aliphatic carbocycles. The number of aromatic nitrogens is 2. The highest BCUT2D eigenvalue weighted by molar-refractivity contribution is 6.34. The molecule has 11 heteroatoms. The van der Waals surface area contributed by atoms with E-state index in [4.69, 9.17) is 22.1 Å². The molecule has 0 fully saturated rings. The van der Waals surface area contributed by atoms with Gasteiger partial charge in [-0.05, 0) is 31.5 Å². The van der Waals surface area contributed by atoms with Crippen LogP contribution >= 0.6 is 11.6 Å². The van der Waals surface area contributed by atoms with Crippen LogP contribution in [0.2, 0.25) is 5.02 Å². The van der Waals surface area contributed by atoms with Crippen molar-refractivity contribution in [1.82, 2.24) is 9.78 Å². The number of amides is 1. The van der Waals surface area contributed by atoms with Gasteiger partial charge in [-0.25, -0.2) is 13.2 Å². The van der Waals surface area contributed by atoms with E-state index in [1.54, 1.807) is 0 Å². The Bertz CT molecular complexity index is 995. The van der Waals surface area contributed by atoms with E-state index in [1.807, 2.05) is 6.92 Å². The molecule has 1 aromatic carbocycles. The fraction of sp³-hybridized carbons (Fsp3) is 0.421. The van der Waals surface area contributed by atoms with Gasteiger partial charge in [0, 0.05) is 24.0 Å². The van der Waals surface area contributed by atoms with Crippen molar-refractivity contribution in [2.24, 2.45) is 10.7 Å². The lowest BCUT2D eigenvalue weighted by Crippen LogP contribution is -2.47.